The van der Waals surface area contributed by atoms with E-state index in [2.05, 4.69) is 11.4 Å². The zero-order valence-electron chi connectivity index (χ0n) is 12.3. The monoisotopic (exact) mass is 283 g/mol. The second kappa shape index (κ2) is 5.51. The Labute approximate surface area is 125 Å². The van der Waals surface area contributed by atoms with Gasteiger partial charge in [0.25, 0.3) is 0 Å². The molecule has 1 aliphatic carbocycles. The molecule has 0 saturated heterocycles. The van der Waals surface area contributed by atoms with Crippen molar-refractivity contribution in [3.63, 3.8) is 0 Å². The third kappa shape index (κ3) is 2.67. The number of aryl methyl sites for hydroxylation is 2. The highest BCUT2D eigenvalue weighted by Crippen LogP contribution is 2.36. The van der Waals surface area contributed by atoms with E-state index in [4.69, 9.17) is 0 Å². The maximum atomic E-state index is 10.8. The zero-order chi connectivity index (χ0) is 14.9. The number of hydrogen-bond acceptors (Lipinski definition) is 3. The summed E-state index contributed by atoms with van der Waals surface area (Å²) in [5.74, 6) is 0.337. The molecule has 3 nitrogen and oxygen atoms in total. The van der Waals surface area contributed by atoms with Crippen molar-refractivity contribution in [2.24, 2.45) is 0 Å². The zero-order valence-corrected chi connectivity index (χ0v) is 12.3. The number of benzene rings is 2. The first-order valence-electron chi connectivity index (χ1n) is 7.39. The van der Waals surface area contributed by atoms with Crippen LogP contribution in [0.2, 0.25) is 0 Å². The first-order valence-corrected chi connectivity index (χ1v) is 7.39. The molecule has 0 radical (unpaired) electrons. The average Bonchev–Trinajstić information content (AvgIpc) is 2.82. The van der Waals surface area contributed by atoms with Crippen LogP contribution in [-0.2, 0) is 18.6 Å². The van der Waals surface area contributed by atoms with E-state index in [9.17, 15) is 10.2 Å². The van der Waals surface area contributed by atoms with Crippen molar-refractivity contribution in [2.75, 3.05) is 6.54 Å². The van der Waals surface area contributed by atoms with Gasteiger partial charge in [0.2, 0.25) is 0 Å². The van der Waals surface area contributed by atoms with Crippen molar-refractivity contribution in [2.45, 2.75) is 31.9 Å². The van der Waals surface area contributed by atoms with Gasteiger partial charge in [0.15, 0.2) is 0 Å². The maximum absolute atomic E-state index is 10.8. The molecule has 1 unspecified atom stereocenters. The molecule has 0 saturated carbocycles. The lowest BCUT2D eigenvalue weighted by atomic mass is 9.96. The minimum absolute atomic E-state index is 0.337. The summed E-state index contributed by atoms with van der Waals surface area (Å²) in [6.07, 6.45) is 1.67. The summed E-state index contributed by atoms with van der Waals surface area (Å²) in [5, 5.41) is 24.1. The van der Waals surface area contributed by atoms with Crippen LogP contribution in [0.5, 0.6) is 5.75 Å². The van der Waals surface area contributed by atoms with Crippen molar-refractivity contribution >= 4 is 0 Å². The van der Waals surface area contributed by atoms with Gasteiger partial charge in [0.05, 0.1) is 0 Å². The molecule has 3 rings (SSSR count). The van der Waals surface area contributed by atoms with Gasteiger partial charge in [-0.15, -0.1) is 0 Å². The largest absolute Gasteiger partial charge is 0.507 e. The standard InChI is InChI=1S/C18H21NO2/c1-13-5-4-7-15(17(13)20)11-19-12-18(21)10-9-14-6-2-3-8-16(14)18/h2-8,19-21H,9-12H2,1H3. The third-order valence-corrected chi connectivity index (χ3v) is 4.38. The molecule has 3 heteroatoms. The van der Waals surface area contributed by atoms with Gasteiger partial charge in [0, 0.05) is 18.7 Å². The van der Waals surface area contributed by atoms with E-state index in [0.717, 1.165) is 29.5 Å². The van der Waals surface area contributed by atoms with Gasteiger partial charge in [-0.3, -0.25) is 0 Å². The molecule has 0 aromatic heterocycles. The van der Waals surface area contributed by atoms with E-state index in [1.165, 1.54) is 5.56 Å². The second-order valence-electron chi connectivity index (χ2n) is 5.87. The third-order valence-electron chi connectivity index (χ3n) is 4.38. The molecule has 1 atom stereocenters. The number of aliphatic hydroxyl groups is 1. The number of rotatable bonds is 4. The number of aromatic hydroxyl groups is 1. The minimum atomic E-state index is -0.796. The Bertz CT molecular complexity index is 653. The molecule has 2 aromatic carbocycles. The van der Waals surface area contributed by atoms with E-state index < -0.39 is 5.60 Å². The molecule has 2 aromatic rings. The second-order valence-corrected chi connectivity index (χ2v) is 5.87. The van der Waals surface area contributed by atoms with Gasteiger partial charge < -0.3 is 15.5 Å². The summed E-state index contributed by atoms with van der Waals surface area (Å²) in [7, 11) is 0. The molecule has 0 aliphatic heterocycles. The maximum Gasteiger partial charge on any atom is 0.122 e. The van der Waals surface area contributed by atoms with Gasteiger partial charge in [-0.2, -0.15) is 0 Å². The van der Waals surface area contributed by atoms with Gasteiger partial charge >= 0.3 is 0 Å². The highest BCUT2D eigenvalue weighted by Gasteiger charge is 2.35. The van der Waals surface area contributed by atoms with E-state index in [0.29, 0.717) is 18.8 Å². The molecule has 0 fully saturated rings. The fourth-order valence-corrected chi connectivity index (χ4v) is 3.12. The quantitative estimate of drug-likeness (QED) is 0.808. The lowest BCUT2D eigenvalue weighted by Gasteiger charge is -2.24. The Kier molecular flexibility index (Phi) is 3.70. The van der Waals surface area contributed by atoms with Crippen LogP contribution in [0.3, 0.4) is 0 Å². The highest BCUT2D eigenvalue weighted by molar-refractivity contribution is 5.40. The molecule has 1 aliphatic rings. The Hall–Kier alpha value is -1.84. The molecule has 0 heterocycles. The van der Waals surface area contributed by atoms with Crippen molar-refractivity contribution < 1.29 is 10.2 Å². The number of hydrogen-bond donors (Lipinski definition) is 3. The van der Waals surface area contributed by atoms with Crippen LogP contribution in [0.15, 0.2) is 42.5 Å². The first-order chi connectivity index (χ1) is 10.1. The molecule has 3 N–H and O–H groups in total. The summed E-state index contributed by atoms with van der Waals surface area (Å²) < 4.78 is 0. The lowest BCUT2D eigenvalue weighted by Crippen LogP contribution is -2.36. The molecule has 0 amide bonds. The Morgan fingerprint density at radius 2 is 1.95 bits per heavy atom. The van der Waals surface area contributed by atoms with Crippen molar-refractivity contribution in [3.05, 3.63) is 64.7 Å². The predicted octanol–water partition coefficient (Wildman–Crippen LogP) is 2.62. The van der Waals surface area contributed by atoms with Crippen LogP contribution < -0.4 is 5.32 Å². The highest BCUT2D eigenvalue weighted by atomic mass is 16.3. The summed E-state index contributed by atoms with van der Waals surface area (Å²) in [5.41, 5.74) is 3.21. The molecule has 21 heavy (non-hydrogen) atoms. The lowest BCUT2D eigenvalue weighted by molar-refractivity contribution is 0.0384. The molecule has 110 valence electrons. The molecular formula is C18H21NO2. The number of fused-ring (bicyclic) bond motifs is 1. The smallest absolute Gasteiger partial charge is 0.122 e. The number of phenolic OH excluding ortho intramolecular Hbond substituents is 1. The van der Waals surface area contributed by atoms with Crippen molar-refractivity contribution in [3.8, 4) is 5.75 Å². The Morgan fingerprint density at radius 1 is 1.14 bits per heavy atom. The SMILES string of the molecule is Cc1cccc(CNCC2(O)CCc3ccccc32)c1O. The fourth-order valence-electron chi connectivity index (χ4n) is 3.12. The van der Waals surface area contributed by atoms with E-state index >= 15 is 0 Å². The van der Waals surface area contributed by atoms with Crippen LogP contribution >= 0.6 is 0 Å². The summed E-state index contributed by atoms with van der Waals surface area (Å²) in [6, 6.07) is 13.8. The van der Waals surface area contributed by atoms with Crippen molar-refractivity contribution in [1.82, 2.24) is 5.32 Å². The van der Waals surface area contributed by atoms with Crippen LogP contribution in [0.4, 0.5) is 0 Å². The van der Waals surface area contributed by atoms with E-state index in [-0.39, 0.29) is 0 Å². The molecule has 0 bridgehead atoms. The summed E-state index contributed by atoms with van der Waals surface area (Å²) in [6.45, 7) is 2.94. The van der Waals surface area contributed by atoms with Gasteiger partial charge in [-0.25, -0.2) is 0 Å². The average molecular weight is 283 g/mol. The minimum Gasteiger partial charge on any atom is -0.507 e. The fraction of sp³-hybridized carbons (Fsp3) is 0.333. The van der Waals surface area contributed by atoms with Crippen LogP contribution in [-0.4, -0.2) is 16.8 Å². The van der Waals surface area contributed by atoms with E-state index in [1.54, 1.807) is 0 Å². The van der Waals surface area contributed by atoms with Crippen molar-refractivity contribution in [1.29, 1.82) is 0 Å². The predicted molar refractivity (Wildman–Crippen MR) is 83.2 cm³/mol. The van der Waals surface area contributed by atoms with Gasteiger partial charge in [0.1, 0.15) is 11.4 Å². The summed E-state index contributed by atoms with van der Waals surface area (Å²) in [4.78, 5) is 0. The summed E-state index contributed by atoms with van der Waals surface area (Å²) >= 11 is 0. The first kappa shape index (κ1) is 14.1. The Balaban J connectivity index is 1.67. The number of nitrogens with one attached hydrogen (secondary N) is 1. The van der Waals surface area contributed by atoms with Crippen LogP contribution in [0, 0.1) is 6.92 Å². The van der Waals surface area contributed by atoms with Gasteiger partial charge in [-0.05, 0) is 36.5 Å². The van der Waals surface area contributed by atoms with Crippen LogP contribution in [0.1, 0.15) is 28.7 Å². The molecule has 0 spiro atoms. The Morgan fingerprint density at radius 3 is 2.81 bits per heavy atom. The normalized spacial score (nSPS) is 20.5. The molecular weight excluding hydrogens is 262 g/mol. The number of para-hydroxylation sites is 1. The van der Waals surface area contributed by atoms with E-state index in [1.807, 2.05) is 43.3 Å². The van der Waals surface area contributed by atoms with Crippen LogP contribution in [0.25, 0.3) is 0 Å². The topological polar surface area (TPSA) is 52.5 Å². The van der Waals surface area contributed by atoms with Gasteiger partial charge in [-0.1, -0.05) is 42.5 Å². The number of phenols is 1.